The zero-order valence-corrected chi connectivity index (χ0v) is 12.4. The molecular formula is C17H15NO5. The summed E-state index contributed by atoms with van der Waals surface area (Å²) in [4.78, 5) is 36.2. The van der Waals surface area contributed by atoms with Crippen LogP contribution in [0.4, 0.5) is 0 Å². The maximum atomic E-state index is 11.8. The molecule has 0 spiro atoms. The molecule has 2 rings (SSSR count). The number of Topliss-reactive ketones (excluding diaryl/α,β-unsaturated/α-hetero) is 1. The Balaban J connectivity index is 2.10. The number of aliphatic carboxylic acids is 1. The number of hydrogen-bond acceptors (Lipinski definition) is 4. The van der Waals surface area contributed by atoms with Gasteiger partial charge in [-0.15, -0.1) is 0 Å². The summed E-state index contributed by atoms with van der Waals surface area (Å²) >= 11 is 0. The van der Waals surface area contributed by atoms with Crippen molar-refractivity contribution < 1.29 is 24.6 Å². The second-order valence-corrected chi connectivity index (χ2v) is 5.05. The third-order valence-corrected chi connectivity index (χ3v) is 3.26. The summed E-state index contributed by atoms with van der Waals surface area (Å²) in [5.41, 5.74) is 2.62. The van der Waals surface area contributed by atoms with Crippen LogP contribution in [0, 0.1) is 0 Å². The number of carbonyl (C=O) groups excluding carboxylic acids is 2. The Kier molecular flexibility index (Phi) is 4.75. The molecule has 0 saturated carbocycles. The molecule has 0 radical (unpaired) electrons. The van der Waals surface area contributed by atoms with Gasteiger partial charge in [-0.2, -0.15) is 0 Å². The van der Waals surface area contributed by atoms with Crippen molar-refractivity contribution in [2.45, 2.75) is 13.3 Å². The zero-order valence-electron chi connectivity index (χ0n) is 12.4. The highest BCUT2D eigenvalue weighted by molar-refractivity contribution is 6.06. The summed E-state index contributed by atoms with van der Waals surface area (Å²) in [7, 11) is 0. The van der Waals surface area contributed by atoms with Crippen LogP contribution in [-0.4, -0.2) is 32.7 Å². The van der Waals surface area contributed by atoms with Crippen molar-refractivity contribution in [3.8, 4) is 0 Å². The van der Waals surface area contributed by atoms with E-state index < -0.39 is 17.5 Å². The summed E-state index contributed by atoms with van der Waals surface area (Å²) < 4.78 is 0. The lowest BCUT2D eigenvalue weighted by atomic mass is 10.0. The molecule has 0 saturated heterocycles. The van der Waals surface area contributed by atoms with Crippen molar-refractivity contribution in [1.82, 2.24) is 4.98 Å². The van der Waals surface area contributed by atoms with Crippen LogP contribution in [0.3, 0.4) is 0 Å². The summed E-state index contributed by atoms with van der Waals surface area (Å²) in [6.07, 6.45) is 2.84. The Morgan fingerprint density at radius 1 is 1.09 bits per heavy atom. The van der Waals surface area contributed by atoms with Crippen molar-refractivity contribution in [3.63, 3.8) is 0 Å². The number of rotatable bonds is 6. The molecule has 118 valence electrons. The molecule has 2 aromatic rings. The lowest BCUT2D eigenvalue weighted by molar-refractivity contribution is -0.135. The van der Waals surface area contributed by atoms with Crippen molar-refractivity contribution >= 4 is 17.5 Å². The summed E-state index contributed by atoms with van der Waals surface area (Å²) in [6, 6.07) is 8.74. The van der Waals surface area contributed by atoms with Gasteiger partial charge in [-0.05, 0) is 30.5 Å². The standard InChI is InChI=1S/C17H15NO5/c1-10(19)13-4-2-11(3-5-13)6-12-7-14(18-9-12)15(20)8-16(21)17(22)23/h2-5,7-9,18,21H,6H2,1H3,(H,22,23). The Bertz CT molecular complexity index is 784. The van der Waals surface area contributed by atoms with Gasteiger partial charge in [0.05, 0.1) is 5.69 Å². The van der Waals surface area contributed by atoms with E-state index in [2.05, 4.69) is 4.98 Å². The first-order chi connectivity index (χ1) is 10.9. The van der Waals surface area contributed by atoms with Crippen LogP contribution in [-0.2, 0) is 11.2 Å². The molecule has 1 aromatic heterocycles. The highest BCUT2D eigenvalue weighted by Gasteiger charge is 2.11. The predicted molar refractivity (Wildman–Crippen MR) is 82.7 cm³/mol. The van der Waals surface area contributed by atoms with E-state index in [9.17, 15) is 14.4 Å². The first-order valence-electron chi connectivity index (χ1n) is 6.82. The van der Waals surface area contributed by atoms with E-state index in [4.69, 9.17) is 10.2 Å². The van der Waals surface area contributed by atoms with Gasteiger partial charge in [0, 0.05) is 17.8 Å². The van der Waals surface area contributed by atoms with Crippen LogP contribution in [0.15, 0.2) is 48.4 Å². The molecule has 0 amide bonds. The molecule has 1 heterocycles. The number of carbonyl (C=O) groups is 3. The molecule has 23 heavy (non-hydrogen) atoms. The van der Waals surface area contributed by atoms with Gasteiger partial charge in [-0.1, -0.05) is 24.3 Å². The molecule has 0 aliphatic carbocycles. The first kappa shape index (κ1) is 16.2. The molecule has 0 fully saturated rings. The second kappa shape index (κ2) is 6.74. The summed E-state index contributed by atoms with van der Waals surface area (Å²) in [5, 5.41) is 17.6. The quantitative estimate of drug-likeness (QED) is 0.431. The minimum Gasteiger partial charge on any atom is -0.502 e. The van der Waals surface area contributed by atoms with E-state index in [1.54, 1.807) is 24.4 Å². The third kappa shape index (κ3) is 4.16. The van der Waals surface area contributed by atoms with Gasteiger partial charge in [0.25, 0.3) is 0 Å². The number of aromatic nitrogens is 1. The lowest BCUT2D eigenvalue weighted by Gasteiger charge is -2.00. The minimum atomic E-state index is -1.56. The molecule has 0 aliphatic heterocycles. The maximum Gasteiger partial charge on any atom is 0.371 e. The van der Waals surface area contributed by atoms with Gasteiger partial charge in [0.2, 0.25) is 11.5 Å². The monoisotopic (exact) mass is 313 g/mol. The van der Waals surface area contributed by atoms with E-state index in [0.717, 1.165) is 11.1 Å². The van der Waals surface area contributed by atoms with E-state index in [1.807, 2.05) is 12.1 Å². The maximum absolute atomic E-state index is 11.8. The number of ketones is 2. The number of aliphatic hydroxyl groups excluding tert-OH is 1. The predicted octanol–water partition coefficient (Wildman–Crippen LogP) is 2.52. The zero-order chi connectivity index (χ0) is 17.0. The summed E-state index contributed by atoms with van der Waals surface area (Å²) in [6.45, 7) is 1.50. The largest absolute Gasteiger partial charge is 0.502 e. The van der Waals surface area contributed by atoms with Crippen molar-refractivity contribution in [3.05, 3.63) is 70.7 Å². The molecule has 6 nitrogen and oxygen atoms in total. The first-order valence-corrected chi connectivity index (χ1v) is 6.82. The van der Waals surface area contributed by atoms with E-state index in [1.165, 1.54) is 6.92 Å². The second-order valence-electron chi connectivity index (χ2n) is 5.05. The topological polar surface area (TPSA) is 107 Å². The number of hydrogen-bond donors (Lipinski definition) is 3. The number of allylic oxidation sites excluding steroid dienone is 1. The average molecular weight is 313 g/mol. The van der Waals surface area contributed by atoms with Crippen LogP contribution in [0.5, 0.6) is 0 Å². The fourth-order valence-corrected chi connectivity index (χ4v) is 2.04. The van der Waals surface area contributed by atoms with Crippen LogP contribution in [0.2, 0.25) is 0 Å². The number of aliphatic hydroxyl groups is 1. The third-order valence-electron chi connectivity index (χ3n) is 3.26. The molecule has 3 N–H and O–H groups in total. The Morgan fingerprint density at radius 3 is 2.30 bits per heavy atom. The minimum absolute atomic E-state index is 0.00361. The van der Waals surface area contributed by atoms with E-state index >= 15 is 0 Å². The van der Waals surface area contributed by atoms with Gasteiger partial charge in [0.15, 0.2) is 5.78 Å². The van der Waals surface area contributed by atoms with Gasteiger partial charge < -0.3 is 15.2 Å². The number of carboxylic acid groups (broad SMARTS) is 1. The van der Waals surface area contributed by atoms with Gasteiger partial charge >= 0.3 is 5.97 Å². The number of carboxylic acids is 1. The van der Waals surface area contributed by atoms with Gasteiger partial charge in [-0.3, -0.25) is 9.59 Å². The Labute approximate surface area is 132 Å². The van der Waals surface area contributed by atoms with Crippen LogP contribution < -0.4 is 0 Å². The molecule has 0 bridgehead atoms. The molecule has 6 heteroatoms. The average Bonchev–Trinajstić information content (AvgIpc) is 2.96. The van der Waals surface area contributed by atoms with Crippen molar-refractivity contribution in [2.75, 3.05) is 0 Å². The smallest absolute Gasteiger partial charge is 0.371 e. The van der Waals surface area contributed by atoms with Crippen LogP contribution in [0.25, 0.3) is 0 Å². The molecule has 0 atom stereocenters. The fraction of sp³-hybridized carbons (Fsp3) is 0.118. The van der Waals surface area contributed by atoms with Crippen LogP contribution >= 0.6 is 0 Å². The fourth-order valence-electron chi connectivity index (χ4n) is 2.04. The van der Waals surface area contributed by atoms with Crippen molar-refractivity contribution in [1.29, 1.82) is 0 Å². The number of nitrogens with one attached hydrogen (secondary N) is 1. The molecule has 0 unspecified atom stereocenters. The lowest BCUT2D eigenvalue weighted by Crippen LogP contribution is -2.04. The molecular weight excluding hydrogens is 298 g/mol. The van der Waals surface area contributed by atoms with E-state index in [0.29, 0.717) is 18.1 Å². The van der Waals surface area contributed by atoms with Crippen molar-refractivity contribution in [2.24, 2.45) is 0 Å². The SMILES string of the molecule is CC(=O)c1ccc(Cc2c[nH]c(C(=O)C=C(O)C(=O)O)c2)cc1. The summed E-state index contributed by atoms with van der Waals surface area (Å²) in [5.74, 6) is -3.19. The van der Waals surface area contributed by atoms with Crippen LogP contribution in [0.1, 0.15) is 38.9 Å². The highest BCUT2D eigenvalue weighted by atomic mass is 16.4. The highest BCUT2D eigenvalue weighted by Crippen LogP contribution is 2.13. The number of aromatic amines is 1. The molecule has 0 aliphatic rings. The van der Waals surface area contributed by atoms with E-state index in [-0.39, 0.29) is 11.5 Å². The Morgan fingerprint density at radius 2 is 1.74 bits per heavy atom. The number of benzene rings is 1. The normalized spacial score (nSPS) is 11.3. The number of H-pyrrole nitrogens is 1. The molecule has 1 aromatic carbocycles. The van der Waals surface area contributed by atoms with Gasteiger partial charge in [0.1, 0.15) is 0 Å². The Hall–Kier alpha value is -3.15. The van der Waals surface area contributed by atoms with Gasteiger partial charge in [-0.25, -0.2) is 4.79 Å².